The molecule has 1 unspecified atom stereocenters. The van der Waals surface area contributed by atoms with Crippen molar-refractivity contribution >= 4 is 50.5 Å². The summed E-state index contributed by atoms with van der Waals surface area (Å²) in [5.74, 6) is -0.111. The van der Waals surface area contributed by atoms with E-state index in [0.717, 1.165) is 10.1 Å². The van der Waals surface area contributed by atoms with Gasteiger partial charge in [0, 0.05) is 34.7 Å². The Morgan fingerprint density at radius 1 is 1.47 bits per heavy atom. The number of amides is 1. The molecule has 2 N–H and O–H groups in total. The van der Waals surface area contributed by atoms with Crippen molar-refractivity contribution in [2.75, 3.05) is 13.6 Å². The molecule has 1 atom stereocenters. The van der Waals surface area contributed by atoms with Crippen molar-refractivity contribution in [3.8, 4) is 0 Å². The molecule has 1 aromatic heterocycles. The van der Waals surface area contributed by atoms with E-state index in [1.165, 1.54) is 11.3 Å². The van der Waals surface area contributed by atoms with Crippen molar-refractivity contribution in [3.63, 3.8) is 0 Å². The molecule has 3 nitrogen and oxygen atoms in total. The molecular weight excluding hydrogens is 303 g/mol. The highest BCUT2D eigenvalue weighted by Crippen LogP contribution is 2.37. The van der Waals surface area contributed by atoms with Crippen LogP contribution in [0.1, 0.15) is 16.6 Å². The standard InChI is InChI=1S/C13H14Cl2N2OS/c1-7(6-16)17(2)13(18)12-11(15)9-4-3-8(14)5-10(9)19-12/h3-5,7H,6,16H2,1-2H3. The third-order valence-corrected chi connectivity index (χ3v) is 4.99. The van der Waals surface area contributed by atoms with Crippen LogP contribution in [0.3, 0.4) is 0 Å². The van der Waals surface area contributed by atoms with Crippen LogP contribution in [-0.2, 0) is 0 Å². The number of hydrogen-bond acceptors (Lipinski definition) is 3. The maximum absolute atomic E-state index is 12.4. The molecule has 1 heterocycles. The number of benzene rings is 1. The Kier molecular flexibility index (Phi) is 4.36. The molecule has 0 aliphatic carbocycles. The van der Waals surface area contributed by atoms with Gasteiger partial charge in [-0.1, -0.05) is 29.3 Å². The highest BCUT2D eigenvalue weighted by atomic mass is 35.5. The first-order valence-electron chi connectivity index (χ1n) is 5.80. The normalized spacial score (nSPS) is 12.7. The van der Waals surface area contributed by atoms with E-state index in [1.54, 1.807) is 18.0 Å². The lowest BCUT2D eigenvalue weighted by Gasteiger charge is -2.23. The van der Waals surface area contributed by atoms with Crippen molar-refractivity contribution < 1.29 is 4.79 Å². The van der Waals surface area contributed by atoms with E-state index in [1.807, 2.05) is 19.1 Å². The van der Waals surface area contributed by atoms with E-state index >= 15 is 0 Å². The number of carbonyl (C=O) groups excluding carboxylic acids is 1. The molecule has 19 heavy (non-hydrogen) atoms. The molecule has 102 valence electrons. The summed E-state index contributed by atoms with van der Waals surface area (Å²) in [5.41, 5.74) is 5.58. The number of halogens is 2. The summed E-state index contributed by atoms with van der Waals surface area (Å²) in [6.07, 6.45) is 0. The minimum atomic E-state index is -0.111. The molecule has 6 heteroatoms. The van der Waals surface area contributed by atoms with Crippen LogP contribution < -0.4 is 5.73 Å². The number of fused-ring (bicyclic) bond motifs is 1. The van der Waals surface area contributed by atoms with Crippen molar-refractivity contribution in [3.05, 3.63) is 33.1 Å². The van der Waals surface area contributed by atoms with E-state index in [2.05, 4.69) is 0 Å². The monoisotopic (exact) mass is 316 g/mol. The Bertz CT molecular complexity index is 626. The Morgan fingerprint density at radius 3 is 2.79 bits per heavy atom. The van der Waals surface area contributed by atoms with Gasteiger partial charge in [0.15, 0.2) is 0 Å². The van der Waals surface area contributed by atoms with Gasteiger partial charge in [-0.05, 0) is 19.1 Å². The lowest BCUT2D eigenvalue weighted by atomic mass is 10.2. The minimum absolute atomic E-state index is 0.0302. The molecule has 0 saturated heterocycles. The van der Waals surface area contributed by atoms with Crippen LogP contribution in [0.2, 0.25) is 10.0 Å². The molecule has 0 aliphatic rings. The van der Waals surface area contributed by atoms with Gasteiger partial charge < -0.3 is 10.6 Å². The van der Waals surface area contributed by atoms with E-state index < -0.39 is 0 Å². The first-order valence-corrected chi connectivity index (χ1v) is 7.37. The Balaban J connectivity index is 2.45. The van der Waals surface area contributed by atoms with Gasteiger partial charge in [-0.25, -0.2) is 0 Å². The van der Waals surface area contributed by atoms with E-state index in [9.17, 15) is 4.79 Å². The molecule has 0 saturated carbocycles. The smallest absolute Gasteiger partial charge is 0.265 e. The van der Waals surface area contributed by atoms with Crippen LogP contribution in [0, 0.1) is 0 Å². The molecule has 1 aromatic carbocycles. The maximum atomic E-state index is 12.4. The first-order chi connectivity index (χ1) is 8.95. The highest BCUT2D eigenvalue weighted by Gasteiger charge is 2.22. The molecule has 0 radical (unpaired) electrons. The maximum Gasteiger partial charge on any atom is 0.265 e. The molecular formula is C13H14Cl2N2OS. The number of rotatable bonds is 3. The number of likely N-dealkylation sites (N-methyl/N-ethyl adjacent to an activating group) is 1. The van der Waals surface area contributed by atoms with Gasteiger partial charge >= 0.3 is 0 Å². The topological polar surface area (TPSA) is 46.3 Å². The zero-order chi connectivity index (χ0) is 14.2. The molecule has 0 bridgehead atoms. The third-order valence-electron chi connectivity index (χ3n) is 3.11. The predicted molar refractivity (Wildman–Crippen MR) is 82.5 cm³/mol. The first kappa shape index (κ1) is 14.6. The SMILES string of the molecule is CC(CN)N(C)C(=O)c1sc2cc(Cl)ccc2c1Cl. The molecule has 0 fully saturated rings. The fourth-order valence-electron chi connectivity index (χ4n) is 1.70. The van der Waals surface area contributed by atoms with Crippen LogP contribution in [0.25, 0.3) is 10.1 Å². The van der Waals surface area contributed by atoms with Crippen LogP contribution in [-0.4, -0.2) is 30.4 Å². The van der Waals surface area contributed by atoms with E-state index in [0.29, 0.717) is 21.5 Å². The van der Waals surface area contributed by atoms with E-state index in [4.69, 9.17) is 28.9 Å². The average Bonchev–Trinajstić information content (AvgIpc) is 2.72. The van der Waals surface area contributed by atoms with Gasteiger partial charge in [-0.2, -0.15) is 0 Å². The second kappa shape index (κ2) is 5.67. The number of nitrogens with two attached hydrogens (primary N) is 1. The van der Waals surface area contributed by atoms with Crippen molar-refractivity contribution in [2.45, 2.75) is 13.0 Å². The summed E-state index contributed by atoms with van der Waals surface area (Å²) in [6.45, 7) is 2.31. The van der Waals surface area contributed by atoms with Crippen LogP contribution in [0.15, 0.2) is 18.2 Å². The number of hydrogen-bond donors (Lipinski definition) is 1. The molecule has 2 aromatic rings. The van der Waals surface area contributed by atoms with Gasteiger partial charge in [0.05, 0.1) is 5.02 Å². The summed E-state index contributed by atoms with van der Waals surface area (Å²) in [4.78, 5) is 14.5. The van der Waals surface area contributed by atoms with Gasteiger partial charge in [0.2, 0.25) is 0 Å². The highest BCUT2D eigenvalue weighted by molar-refractivity contribution is 7.21. The number of carbonyl (C=O) groups is 1. The second-order valence-electron chi connectivity index (χ2n) is 4.39. The third kappa shape index (κ3) is 2.72. The molecule has 0 aliphatic heterocycles. The molecule has 0 spiro atoms. The number of nitrogens with zero attached hydrogens (tertiary/aromatic N) is 1. The molecule has 1 amide bonds. The van der Waals surface area contributed by atoms with Crippen molar-refractivity contribution in [1.82, 2.24) is 4.90 Å². The van der Waals surface area contributed by atoms with Gasteiger partial charge in [0.25, 0.3) is 5.91 Å². The van der Waals surface area contributed by atoms with E-state index in [-0.39, 0.29) is 11.9 Å². The fourth-order valence-corrected chi connectivity index (χ4v) is 3.47. The quantitative estimate of drug-likeness (QED) is 0.939. The van der Waals surface area contributed by atoms with Gasteiger partial charge in [-0.3, -0.25) is 4.79 Å². The fraction of sp³-hybridized carbons (Fsp3) is 0.308. The predicted octanol–water partition coefficient (Wildman–Crippen LogP) is 3.63. The lowest BCUT2D eigenvalue weighted by Crippen LogP contribution is -2.39. The molecule has 2 rings (SSSR count). The van der Waals surface area contributed by atoms with Crippen LogP contribution in [0.4, 0.5) is 0 Å². The summed E-state index contributed by atoms with van der Waals surface area (Å²) in [7, 11) is 1.73. The minimum Gasteiger partial charge on any atom is -0.337 e. The Labute approximate surface area is 125 Å². The number of thiophene rings is 1. The summed E-state index contributed by atoms with van der Waals surface area (Å²) < 4.78 is 0.912. The summed E-state index contributed by atoms with van der Waals surface area (Å²) >= 11 is 13.6. The summed E-state index contributed by atoms with van der Waals surface area (Å²) in [5, 5.41) is 1.97. The Hall–Kier alpha value is -0.810. The summed E-state index contributed by atoms with van der Waals surface area (Å²) in [6, 6.07) is 5.39. The zero-order valence-electron chi connectivity index (χ0n) is 10.6. The van der Waals surface area contributed by atoms with Crippen molar-refractivity contribution in [1.29, 1.82) is 0 Å². The zero-order valence-corrected chi connectivity index (χ0v) is 12.9. The van der Waals surface area contributed by atoms with Gasteiger partial charge in [0.1, 0.15) is 4.88 Å². The van der Waals surface area contributed by atoms with Crippen LogP contribution >= 0.6 is 34.5 Å². The van der Waals surface area contributed by atoms with Crippen LogP contribution in [0.5, 0.6) is 0 Å². The Morgan fingerprint density at radius 2 is 2.16 bits per heavy atom. The largest absolute Gasteiger partial charge is 0.337 e. The van der Waals surface area contributed by atoms with Crippen molar-refractivity contribution in [2.24, 2.45) is 5.73 Å². The van der Waals surface area contributed by atoms with Gasteiger partial charge in [-0.15, -0.1) is 11.3 Å². The lowest BCUT2D eigenvalue weighted by molar-refractivity contribution is 0.0753. The second-order valence-corrected chi connectivity index (χ2v) is 6.25. The average molecular weight is 317 g/mol.